The molecule has 18 N–H and O–H groups in total. The molecular weight excluding hydrogens is 582 g/mol. The van der Waals surface area contributed by atoms with Crippen LogP contribution in [0.3, 0.4) is 0 Å². The topological polar surface area (TPSA) is 347 Å². The fourth-order valence-corrected chi connectivity index (χ4v) is 5.70. The molecular formula is C24H49N5O14. The van der Waals surface area contributed by atoms with Gasteiger partial charge in [-0.15, -0.1) is 0 Å². The van der Waals surface area contributed by atoms with Gasteiger partial charge in [0.25, 0.3) is 0 Å². The predicted molar refractivity (Wildman–Crippen MR) is 143 cm³/mol. The third-order valence-electron chi connectivity index (χ3n) is 8.32. The lowest BCUT2D eigenvalue weighted by Gasteiger charge is -2.47. The fourth-order valence-electron chi connectivity index (χ4n) is 5.70. The van der Waals surface area contributed by atoms with Gasteiger partial charge in [-0.05, 0) is 6.42 Å². The molecule has 19 heteroatoms. The average molecular weight is 632 g/mol. The molecule has 254 valence electrons. The van der Waals surface area contributed by atoms with Crippen LogP contribution < -0.4 is 28.7 Å². The normalized spacial score (nSPS) is 52.5. The van der Waals surface area contributed by atoms with Gasteiger partial charge >= 0.3 is 0 Å². The summed E-state index contributed by atoms with van der Waals surface area (Å²) in [5, 5.41) is 82.3. The summed E-state index contributed by atoms with van der Waals surface area (Å²) in [6.07, 6.45) is -20.5. The second kappa shape index (κ2) is 15.2. The van der Waals surface area contributed by atoms with E-state index in [9.17, 15) is 40.9 Å². The summed E-state index contributed by atoms with van der Waals surface area (Å²) in [5.41, 5.74) is 29.9. The molecule has 0 unspecified atom stereocenters. The Kier molecular flexibility index (Phi) is 13.0. The number of ether oxygens (including phenoxy) is 6. The minimum atomic E-state index is -1.62. The standard InChI is InChI=1S/C23H45N5O14.CH4/c24-2-7-13(32)15(34)10(27)21(37-7)41-19-9(4-30)39-23(17(19)36)42-20-12(31)5(25)1-6(26)18(20)40-22-11(28)16(35)14(33)8(3-29)38-22;/h5-23,29-36H,1-4,24-28H2;1H4/t5-,6+,7+,8-,9-,10-,11-,12+,13-,14-,15-,16-,17-,18-,19-,20-,21-,22-,23+;/m1./s1. The Morgan fingerprint density at radius 3 is 1.53 bits per heavy atom. The molecule has 43 heavy (non-hydrogen) atoms. The number of rotatable bonds is 9. The molecule has 19 nitrogen and oxygen atoms in total. The van der Waals surface area contributed by atoms with Crippen LogP contribution in [0.4, 0.5) is 0 Å². The fraction of sp³-hybridized carbons (Fsp3) is 1.00. The van der Waals surface area contributed by atoms with Gasteiger partial charge in [-0.3, -0.25) is 0 Å². The Morgan fingerprint density at radius 2 is 1.00 bits per heavy atom. The summed E-state index contributed by atoms with van der Waals surface area (Å²) in [5.74, 6) is 0. The summed E-state index contributed by atoms with van der Waals surface area (Å²) in [6.45, 7) is -1.49. The Bertz CT molecular complexity index is 867. The highest BCUT2D eigenvalue weighted by molar-refractivity contribution is 5.02. The smallest absolute Gasteiger partial charge is 0.187 e. The third kappa shape index (κ3) is 7.30. The largest absolute Gasteiger partial charge is 0.394 e. The van der Waals surface area contributed by atoms with Gasteiger partial charge < -0.3 is 97.9 Å². The van der Waals surface area contributed by atoms with Crippen LogP contribution in [0.5, 0.6) is 0 Å². The average Bonchev–Trinajstić information content (AvgIpc) is 3.27. The minimum Gasteiger partial charge on any atom is -0.394 e. The number of aliphatic hydroxyl groups excluding tert-OH is 8. The highest BCUT2D eigenvalue weighted by Crippen LogP contribution is 2.34. The Morgan fingerprint density at radius 1 is 0.535 bits per heavy atom. The molecule has 0 aromatic carbocycles. The van der Waals surface area contributed by atoms with Crippen molar-refractivity contribution < 1.29 is 69.3 Å². The first-order valence-electron chi connectivity index (χ1n) is 13.8. The van der Waals surface area contributed by atoms with E-state index in [2.05, 4.69) is 0 Å². The minimum absolute atomic E-state index is 0. The lowest BCUT2D eigenvalue weighted by Crippen LogP contribution is -2.68. The van der Waals surface area contributed by atoms with E-state index < -0.39 is 129 Å². The van der Waals surface area contributed by atoms with E-state index in [0.29, 0.717) is 0 Å². The molecule has 0 spiro atoms. The van der Waals surface area contributed by atoms with Gasteiger partial charge in [0.2, 0.25) is 0 Å². The van der Waals surface area contributed by atoms with E-state index >= 15 is 0 Å². The van der Waals surface area contributed by atoms with Crippen LogP contribution in [0, 0.1) is 0 Å². The molecule has 0 aromatic rings. The first-order valence-corrected chi connectivity index (χ1v) is 13.8. The molecule has 3 saturated heterocycles. The zero-order chi connectivity index (χ0) is 31.0. The van der Waals surface area contributed by atoms with Crippen LogP contribution in [0.2, 0.25) is 0 Å². The maximum Gasteiger partial charge on any atom is 0.187 e. The quantitative estimate of drug-likeness (QED) is 0.112. The Balaban J connectivity index is 0.00000506. The van der Waals surface area contributed by atoms with Crippen molar-refractivity contribution in [2.24, 2.45) is 28.7 Å². The van der Waals surface area contributed by atoms with Crippen molar-refractivity contribution in [2.45, 2.75) is 130 Å². The number of aliphatic hydroxyl groups is 8. The summed E-state index contributed by atoms with van der Waals surface area (Å²) < 4.78 is 34.4. The predicted octanol–water partition coefficient (Wildman–Crippen LogP) is -8.23. The SMILES string of the molecule is C.NC[C@@H]1O[C@H](O[C@H]2[C@@H](O)[C@H](O[C@@H]3[C@@H](O)[C@H](N)C[C@H](N)[C@H]3O[C@H]3O[C@H](CO)[C@@H](O)[C@H](O)[C@H]3N)O[C@@H]2CO)[C@H](N)[C@@H](O)[C@@H]1O. The maximum atomic E-state index is 11.1. The van der Waals surface area contributed by atoms with Gasteiger partial charge in [0.05, 0.1) is 31.4 Å². The number of nitrogens with two attached hydrogens (primary N) is 5. The number of hydrogen-bond acceptors (Lipinski definition) is 19. The zero-order valence-electron chi connectivity index (χ0n) is 22.7. The first kappa shape index (κ1) is 36.7. The van der Waals surface area contributed by atoms with Crippen LogP contribution in [0.15, 0.2) is 0 Å². The second-order valence-corrected chi connectivity index (χ2v) is 11.2. The van der Waals surface area contributed by atoms with E-state index in [1.54, 1.807) is 0 Å². The zero-order valence-corrected chi connectivity index (χ0v) is 22.7. The lowest BCUT2D eigenvalue weighted by molar-refractivity contribution is -0.310. The van der Waals surface area contributed by atoms with E-state index in [1.807, 2.05) is 0 Å². The van der Waals surface area contributed by atoms with E-state index in [4.69, 9.17) is 57.1 Å². The van der Waals surface area contributed by atoms with Crippen molar-refractivity contribution in [3.63, 3.8) is 0 Å². The Labute approximate surface area is 248 Å². The van der Waals surface area contributed by atoms with E-state index in [1.165, 1.54) is 0 Å². The maximum absolute atomic E-state index is 11.1. The van der Waals surface area contributed by atoms with Crippen molar-refractivity contribution >= 4 is 0 Å². The monoisotopic (exact) mass is 631 g/mol. The highest BCUT2D eigenvalue weighted by atomic mass is 16.8. The summed E-state index contributed by atoms with van der Waals surface area (Å²) in [6, 6.07) is -4.30. The molecule has 0 radical (unpaired) electrons. The van der Waals surface area contributed by atoms with Crippen LogP contribution >= 0.6 is 0 Å². The van der Waals surface area contributed by atoms with Crippen LogP contribution in [-0.4, -0.2) is 177 Å². The van der Waals surface area contributed by atoms with Crippen molar-refractivity contribution in [2.75, 3.05) is 19.8 Å². The molecule has 4 rings (SSSR count). The van der Waals surface area contributed by atoms with Gasteiger partial charge in [-0.1, -0.05) is 7.43 Å². The molecule has 0 bridgehead atoms. The molecule has 3 heterocycles. The van der Waals surface area contributed by atoms with Crippen molar-refractivity contribution in [3.8, 4) is 0 Å². The second-order valence-electron chi connectivity index (χ2n) is 11.2. The Hall–Kier alpha value is -0.760. The van der Waals surface area contributed by atoms with Gasteiger partial charge in [0.1, 0.15) is 67.1 Å². The molecule has 1 saturated carbocycles. The number of hydrogen-bond donors (Lipinski definition) is 13. The summed E-state index contributed by atoms with van der Waals surface area (Å²) >= 11 is 0. The molecule has 0 amide bonds. The summed E-state index contributed by atoms with van der Waals surface area (Å²) in [7, 11) is 0. The summed E-state index contributed by atoms with van der Waals surface area (Å²) in [4.78, 5) is 0. The van der Waals surface area contributed by atoms with E-state index in [-0.39, 0.29) is 20.4 Å². The van der Waals surface area contributed by atoms with Crippen molar-refractivity contribution in [3.05, 3.63) is 0 Å². The molecule has 3 aliphatic heterocycles. The molecule has 4 aliphatic rings. The molecule has 1 aliphatic carbocycles. The van der Waals surface area contributed by atoms with Gasteiger partial charge in [-0.2, -0.15) is 0 Å². The molecule has 4 fully saturated rings. The van der Waals surface area contributed by atoms with Crippen LogP contribution in [0.25, 0.3) is 0 Å². The van der Waals surface area contributed by atoms with Gasteiger partial charge in [-0.25, -0.2) is 0 Å². The molecule has 0 aromatic heterocycles. The van der Waals surface area contributed by atoms with Crippen molar-refractivity contribution in [1.29, 1.82) is 0 Å². The molecule has 19 atom stereocenters. The van der Waals surface area contributed by atoms with Crippen LogP contribution in [-0.2, 0) is 28.4 Å². The first-order chi connectivity index (χ1) is 19.8. The van der Waals surface area contributed by atoms with Crippen molar-refractivity contribution in [1.82, 2.24) is 0 Å². The lowest BCUT2D eigenvalue weighted by atomic mass is 9.84. The van der Waals surface area contributed by atoms with Crippen LogP contribution in [0.1, 0.15) is 13.8 Å². The van der Waals surface area contributed by atoms with E-state index in [0.717, 1.165) is 0 Å². The van der Waals surface area contributed by atoms with Gasteiger partial charge in [0, 0.05) is 18.6 Å². The highest BCUT2D eigenvalue weighted by Gasteiger charge is 2.54. The van der Waals surface area contributed by atoms with Gasteiger partial charge in [0.15, 0.2) is 18.9 Å². The third-order valence-corrected chi connectivity index (χ3v) is 8.32.